The molecule has 0 atom stereocenters. The van der Waals surface area contributed by atoms with E-state index in [1.807, 2.05) is 44.2 Å². The van der Waals surface area contributed by atoms with Crippen LogP contribution < -0.4 is 4.31 Å². The molecule has 0 N–H and O–H groups in total. The molecule has 212 valence electrons. The number of sulfonamides is 1. The van der Waals surface area contributed by atoms with E-state index in [9.17, 15) is 13.2 Å². The number of hydrogen-bond donors (Lipinski definition) is 0. The maximum absolute atomic E-state index is 13.9. The summed E-state index contributed by atoms with van der Waals surface area (Å²) in [6, 6.07) is 35.2. The average molecular weight is 568 g/mol. The van der Waals surface area contributed by atoms with Gasteiger partial charge in [0.2, 0.25) is 5.91 Å². The maximum Gasteiger partial charge on any atom is 0.264 e. The molecule has 1 fully saturated rings. The number of hydrogen-bond acceptors (Lipinski definition) is 4. The molecule has 4 aromatic carbocycles. The van der Waals surface area contributed by atoms with Gasteiger partial charge in [0.25, 0.3) is 10.0 Å². The molecule has 0 spiro atoms. The van der Waals surface area contributed by atoms with E-state index in [2.05, 4.69) is 53.4 Å². The number of aryl methyl sites for hydroxylation is 2. The summed E-state index contributed by atoms with van der Waals surface area (Å²) < 4.78 is 29.2. The first kappa shape index (κ1) is 28.6. The molecule has 1 heterocycles. The highest BCUT2D eigenvalue weighted by molar-refractivity contribution is 7.92. The Morgan fingerprint density at radius 1 is 0.756 bits per heavy atom. The van der Waals surface area contributed by atoms with Crippen molar-refractivity contribution in [2.45, 2.75) is 31.2 Å². The number of carbonyl (C=O) groups excluding carboxylic acids is 1. The van der Waals surface area contributed by atoms with Gasteiger partial charge < -0.3 is 4.90 Å². The lowest BCUT2D eigenvalue weighted by Crippen LogP contribution is -2.52. The smallest absolute Gasteiger partial charge is 0.264 e. The summed E-state index contributed by atoms with van der Waals surface area (Å²) in [6.45, 7) is 6.11. The van der Waals surface area contributed by atoms with Gasteiger partial charge in [0, 0.05) is 26.2 Å². The molecule has 1 amide bonds. The van der Waals surface area contributed by atoms with E-state index in [4.69, 9.17) is 0 Å². The van der Waals surface area contributed by atoms with E-state index in [0.29, 0.717) is 38.3 Å². The fourth-order valence-electron chi connectivity index (χ4n) is 5.53. The summed E-state index contributed by atoms with van der Waals surface area (Å²) in [5, 5.41) is 0. The van der Waals surface area contributed by atoms with Gasteiger partial charge in [0.15, 0.2) is 0 Å². The third kappa shape index (κ3) is 6.37. The Morgan fingerprint density at radius 2 is 1.29 bits per heavy atom. The topological polar surface area (TPSA) is 60.9 Å². The fraction of sp³-hybridized carbons (Fsp3) is 0.265. The number of anilines is 1. The van der Waals surface area contributed by atoms with Crippen LogP contribution in [0.4, 0.5) is 5.69 Å². The molecule has 5 rings (SSSR count). The van der Waals surface area contributed by atoms with Gasteiger partial charge in [0.1, 0.15) is 6.54 Å². The number of piperazine rings is 1. The van der Waals surface area contributed by atoms with Crippen molar-refractivity contribution >= 4 is 21.6 Å². The molecular weight excluding hydrogens is 530 g/mol. The van der Waals surface area contributed by atoms with E-state index in [1.165, 1.54) is 15.4 Å². The summed E-state index contributed by atoms with van der Waals surface area (Å²) in [5.74, 6) is -0.192. The Morgan fingerprint density at radius 3 is 1.85 bits per heavy atom. The third-order valence-electron chi connectivity index (χ3n) is 7.79. The summed E-state index contributed by atoms with van der Waals surface area (Å²) in [4.78, 5) is 18.1. The van der Waals surface area contributed by atoms with Gasteiger partial charge in [-0.3, -0.25) is 14.0 Å². The van der Waals surface area contributed by atoms with Gasteiger partial charge in [-0.2, -0.15) is 0 Å². The van der Waals surface area contributed by atoms with Crippen molar-refractivity contribution < 1.29 is 13.2 Å². The first-order valence-corrected chi connectivity index (χ1v) is 15.6. The Bertz CT molecular complexity index is 1510. The monoisotopic (exact) mass is 567 g/mol. The second-order valence-corrected chi connectivity index (χ2v) is 12.3. The molecule has 0 bridgehead atoms. The van der Waals surface area contributed by atoms with Gasteiger partial charge in [-0.15, -0.1) is 0 Å². The molecular formula is C34H37N3O3S. The lowest BCUT2D eigenvalue weighted by atomic mass is 9.96. The van der Waals surface area contributed by atoms with Crippen molar-refractivity contribution in [3.05, 3.63) is 131 Å². The van der Waals surface area contributed by atoms with Crippen LogP contribution in [0, 0.1) is 6.92 Å². The number of nitrogens with zero attached hydrogens (tertiary/aromatic N) is 3. The third-order valence-corrected chi connectivity index (χ3v) is 9.57. The number of carbonyl (C=O) groups is 1. The zero-order valence-corrected chi connectivity index (χ0v) is 24.5. The number of amides is 1. The molecule has 4 aromatic rings. The Kier molecular flexibility index (Phi) is 8.86. The maximum atomic E-state index is 13.9. The second kappa shape index (κ2) is 12.7. The van der Waals surface area contributed by atoms with E-state index in [0.717, 1.165) is 11.1 Å². The van der Waals surface area contributed by atoms with E-state index < -0.39 is 10.0 Å². The van der Waals surface area contributed by atoms with Crippen LogP contribution >= 0.6 is 0 Å². The zero-order valence-electron chi connectivity index (χ0n) is 23.7. The Labute approximate surface area is 243 Å². The van der Waals surface area contributed by atoms with Crippen LogP contribution in [0.5, 0.6) is 0 Å². The van der Waals surface area contributed by atoms with Crippen molar-refractivity contribution in [2.24, 2.45) is 0 Å². The van der Waals surface area contributed by atoms with Gasteiger partial charge in [0.05, 0.1) is 16.6 Å². The second-order valence-electron chi connectivity index (χ2n) is 10.4. The molecule has 0 saturated carbocycles. The number of rotatable bonds is 9. The summed E-state index contributed by atoms with van der Waals surface area (Å²) in [6.07, 6.45) is 0.656. The number of para-hydroxylation sites is 1. The van der Waals surface area contributed by atoms with Crippen LogP contribution in [0.25, 0.3) is 0 Å². The van der Waals surface area contributed by atoms with Crippen LogP contribution in [0.3, 0.4) is 0 Å². The van der Waals surface area contributed by atoms with Crippen molar-refractivity contribution in [3.8, 4) is 0 Å². The molecule has 1 aliphatic heterocycles. The zero-order chi connectivity index (χ0) is 28.8. The van der Waals surface area contributed by atoms with Gasteiger partial charge in [-0.1, -0.05) is 103 Å². The fourth-order valence-corrected chi connectivity index (χ4v) is 6.98. The lowest BCUT2D eigenvalue weighted by molar-refractivity contribution is -0.131. The normalized spacial score (nSPS) is 14.3. The first-order valence-electron chi connectivity index (χ1n) is 14.2. The van der Waals surface area contributed by atoms with Crippen LogP contribution in [-0.2, 0) is 21.2 Å². The standard InChI is InChI=1S/C34H37N3O3S/c1-3-28-12-10-11-17-32(28)37(41(39,40)31-20-18-27(2)19-21-31)26-33(38)35-22-24-36(25-23-35)34(29-13-6-4-7-14-29)30-15-8-5-9-16-30/h4-21,34H,3,22-26H2,1-2H3. The highest BCUT2D eigenvalue weighted by atomic mass is 32.2. The van der Waals surface area contributed by atoms with Crippen molar-refractivity contribution in [1.29, 1.82) is 0 Å². The molecule has 0 radical (unpaired) electrons. The minimum Gasteiger partial charge on any atom is -0.339 e. The van der Waals surface area contributed by atoms with E-state index in [1.54, 1.807) is 35.2 Å². The van der Waals surface area contributed by atoms with E-state index >= 15 is 0 Å². The molecule has 7 heteroatoms. The van der Waals surface area contributed by atoms with Crippen LogP contribution in [0.2, 0.25) is 0 Å². The summed E-state index contributed by atoms with van der Waals surface area (Å²) in [7, 11) is -3.96. The minimum atomic E-state index is -3.96. The molecule has 1 saturated heterocycles. The molecule has 0 aliphatic carbocycles. The molecule has 1 aliphatic rings. The first-order chi connectivity index (χ1) is 19.9. The summed E-state index contributed by atoms with van der Waals surface area (Å²) in [5.41, 5.74) is 4.84. The van der Waals surface area contributed by atoms with Gasteiger partial charge >= 0.3 is 0 Å². The highest BCUT2D eigenvalue weighted by Crippen LogP contribution is 2.31. The Balaban J connectivity index is 1.37. The predicted octanol–water partition coefficient (Wildman–Crippen LogP) is 5.69. The molecule has 6 nitrogen and oxygen atoms in total. The summed E-state index contributed by atoms with van der Waals surface area (Å²) >= 11 is 0. The highest BCUT2D eigenvalue weighted by Gasteiger charge is 2.33. The van der Waals surface area contributed by atoms with Crippen molar-refractivity contribution in [1.82, 2.24) is 9.80 Å². The molecule has 41 heavy (non-hydrogen) atoms. The van der Waals surface area contributed by atoms with Gasteiger partial charge in [-0.25, -0.2) is 8.42 Å². The van der Waals surface area contributed by atoms with Crippen LogP contribution in [0.15, 0.2) is 114 Å². The molecule has 0 aromatic heterocycles. The largest absolute Gasteiger partial charge is 0.339 e. The van der Waals surface area contributed by atoms with Gasteiger partial charge in [-0.05, 0) is 48.2 Å². The number of benzene rings is 4. The minimum absolute atomic E-state index is 0.0875. The molecule has 0 unspecified atom stereocenters. The lowest BCUT2D eigenvalue weighted by Gasteiger charge is -2.40. The van der Waals surface area contributed by atoms with Crippen molar-refractivity contribution in [3.63, 3.8) is 0 Å². The SMILES string of the molecule is CCc1ccccc1N(CC(=O)N1CCN(C(c2ccccc2)c2ccccc2)CC1)S(=O)(=O)c1ccc(C)cc1. The Hall–Kier alpha value is -3.94. The van der Waals surface area contributed by atoms with Crippen LogP contribution in [0.1, 0.15) is 35.2 Å². The average Bonchev–Trinajstić information content (AvgIpc) is 3.01. The predicted molar refractivity (Wildman–Crippen MR) is 164 cm³/mol. The quantitative estimate of drug-likeness (QED) is 0.261. The van der Waals surface area contributed by atoms with Crippen molar-refractivity contribution in [2.75, 3.05) is 37.0 Å². The van der Waals surface area contributed by atoms with Crippen LogP contribution in [-0.4, -0.2) is 56.8 Å². The van der Waals surface area contributed by atoms with E-state index in [-0.39, 0.29) is 23.4 Å².